The first-order valence-electron chi connectivity index (χ1n) is 7.50. The van der Waals surface area contributed by atoms with E-state index in [9.17, 15) is 13.7 Å². The molecule has 2 aromatic carbocycles. The number of nitrogens with one attached hydrogen (secondary N) is 1. The zero-order valence-corrected chi connectivity index (χ0v) is 14.0. The van der Waals surface area contributed by atoms with Gasteiger partial charge in [0.05, 0.1) is 35.4 Å². The Morgan fingerprint density at radius 1 is 1.04 bits per heavy atom. The summed E-state index contributed by atoms with van der Waals surface area (Å²) >= 11 is 0. The summed E-state index contributed by atoms with van der Waals surface area (Å²) in [5, 5.41) is 17.2. The number of hydrogen-bond acceptors (Lipinski definition) is 5. The molecule has 1 unspecified atom stereocenters. The molecule has 0 bridgehead atoms. The predicted octanol–water partition coefficient (Wildman–Crippen LogP) is 1.87. The van der Waals surface area contributed by atoms with Gasteiger partial charge in [0.1, 0.15) is 6.07 Å². The van der Waals surface area contributed by atoms with Crippen LogP contribution >= 0.6 is 0 Å². The predicted molar refractivity (Wildman–Crippen MR) is 90.7 cm³/mol. The van der Waals surface area contributed by atoms with Crippen molar-refractivity contribution in [3.8, 4) is 6.07 Å². The number of nitrogens with zero attached hydrogens (tertiary/aromatic N) is 4. The summed E-state index contributed by atoms with van der Waals surface area (Å²) in [6, 6.07) is 16.6. The van der Waals surface area contributed by atoms with Gasteiger partial charge < -0.3 is 0 Å². The molecular weight excluding hydrogens is 338 g/mol. The molecule has 0 spiro atoms. The molecule has 1 heterocycles. The number of hydrogen-bond donors (Lipinski definition) is 1. The molecule has 1 aromatic heterocycles. The van der Waals surface area contributed by atoms with Crippen molar-refractivity contribution in [1.82, 2.24) is 19.7 Å². The quantitative estimate of drug-likeness (QED) is 0.729. The van der Waals surface area contributed by atoms with Gasteiger partial charge >= 0.3 is 0 Å². The number of aromatic nitrogens is 3. The molecule has 1 atom stereocenters. The monoisotopic (exact) mass is 353 g/mol. The van der Waals surface area contributed by atoms with Crippen LogP contribution in [0, 0.1) is 11.3 Å². The molecule has 1 N–H and O–H groups in total. The molecule has 0 amide bonds. The van der Waals surface area contributed by atoms with Crippen molar-refractivity contribution in [2.45, 2.75) is 17.5 Å². The Morgan fingerprint density at radius 2 is 1.68 bits per heavy atom. The lowest BCUT2D eigenvalue weighted by Crippen LogP contribution is -2.32. The van der Waals surface area contributed by atoms with Crippen molar-refractivity contribution in [2.24, 2.45) is 0 Å². The number of benzene rings is 2. The molecular formula is C17H15N5O2S. The molecule has 0 saturated heterocycles. The van der Waals surface area contributed by atoms with Crippen LogP contribution in [0.5, 0.6) is 0 Å². The molecule has 0 aliphatic carbocycles. The van der Waals surface area contributed by atoms with E-state index in [1.54, 1.807) is 12.1 Å². The Bertz CT molecular complexity index is 979. The smallest absolute Gasteiger partial charge is 0.207 e. The number of rotatable bonds is 6. The zero-order chi connectivity index (χ0) is 17.7. The van der Waals surface area contributed by atoms with Crippen LogP contribution in [0.15, 0.2) is 71.9 Å². The fourth-order valence-electron chi connectivity index (χ4n) is 2.44. The van der Waals surface area contributed by atoms with E-state index < -0.39 is 16.1 Å². The summed E-state index contributed by atoms with van der Waals surface area (Å²) in [5.74, 6) is 0. The molecule has 0 fully saturated rings. The fraction of sp³-hybridized carbons (Fsp3) is 0.118. The third kappa shape index (κ3) is 3.91. The highest BCUT2D eigenvalue weighted by atomic mass is 32.2. The van der Waals surface area contributed by atoms with Gasteiger partial charge in [-0.3, -0.25) is 0 Å². The van der Waals surface area contributed by atoms with Gasteiger partial charge in [-0.2, -0.15) is 20.3 Å². The van der Waals surface area contributed by atoms with E-state index in [1.807, 2.05) is 36.4 Å². The highest BCUT2D eigenvalue weighted by Crippen LogP contribution is 2.20. The van der Waals surface area contributed by atoms with Crippen molar-refractivity contribution in [1.29, 1.82) is 5.26 Å². The molecule has 3 aromatic rings. The van der Waals surface area contributed by atoms with E-state index in [4.69, 9.17) is 0 Å². The largest absolute Gasteiger partial charge is 0.242 e. The molecule has 3 rings (SSSR count). The van der Waals surface area contributed by atoms with Crippen LogP contribution in [0.4, 0.5) is 0 Å². The van der Waals surface area contributed by atoms with Gasteiger partial charge in [-0.15, -0.1) is 0 Å². The molecule has 25 heavy (non-hydrogen) atoms. The minimum atomic E-state index is -3.89. The summed E-state index contributed by atoms with van der Waals surface area (Å²) in [5.41, 5.74) is 0.872. The second-order valence-electron chi connectivity index (χ2n) is 5.28. The van der Waals surface area contributed by atoms with Gasteiger partial charge in [0.25, 0.3) is 0 Å². The molecule has 8 heteroatoms. The first-order chi connectivity index (χ1) is 12.1. The van der Waals surface area contributed by atoms with Crippen LogP contribution < -0.4 is 4.72 Å². The van der Waals surface area contributed by atoms with Crippen molar-refractivity contribution in [3.05, 3.63) is 78.1 Å². The fourth-order valence-corrected chi connectivity index (χ4v) is 3.81. The normalized spacial score (nSPS) is 12.4. The van der Waals surface area contributed by atoms with E-state index in [1.165, 1.54) is 29.3 Å². The third-order valence-corrected chi connectivity index (χ3v) is 5.14. The van der Waals surface area contributed by atoms with Crippen LogP contribution in [0.25, 0.3) is 0 Å². The van der Waals surface area contributed by atoms with Gasteiger partial charge in [0.15, 0.2) is 0 Å². The maximum absolute atomic E-state index is 12.8. The van der Waals surface area contributed by atoms with Crippen molar-refractivity contribution in [3.63, 3.8) is 0 Å². The summed E-state index contributed by atoms with van der Waals surface area (Å²) in [7, 11) is -3.89. The molecule has 0 radical (unpaired) electrons. The van der Waals surface area contributed by atoms with Gasteiger partial charge in [0.2, 0.25) is 10.0 Å². The number of sulfonamides is 1. The van der Waals surface area contributed by atoms with Crippen LogP contribution in [0.3, 0.4) is 0 Å². The van der Waals surface area contributed by atoms with E-state index in [-0.39, 0.29) is 17.0 Å². The number of nitriles is 1. The molecule has 0 aliphatic rings. The lowest BCUT2D eigenvalue weighted by molar-refractivity contribution is 0.444. The third-order valence-electron chi connectivity index (χ3n) is 3.61. The summed E-state index contributed by atoms with van der Waals surface area (Å²) in [6.45, 7) is 0.227. The molecule has 0 aliphatic heterocycles. The molecule has 0 saturated carbocycles. The second kappa shape index (κ2) is 7.25. The summed E-state index contributed by atoms with van der Waals surface area (Å²) in [6.07, 6.45) is 3.06. The SMILES string of the molecule is N#Cc1ccccc1S(=O)(=O)NC(Cn1nccn1)c1ccccc1. The van der Waals surface area contributed by atoms with Crippen molar-refractivity contribution >= 4 is 10.0 Å². The minimum Gasteiger partial charge on any atom is -0.207 e. The second-order valence-corrected chi connectivity index (χ2v) is 6.96. The van der Waals surface area contributed by atoms with Crippen molar-refractivity contribution in [2.75, 3.05) is 0 Å². The standard InChI is InChI=1S/C17H15N5O2S/c18-12-15-8-4-5-9-17(15)25(23,24)21-16(13-22-19-10-11-20-22)14-6-2-1-3-7-14/h1-11,16,21H,13H2. The van der Waals surface area contributed by atoms with Crippen LogP contribution in [0.1, 0.15) is 17.2 Å². The van der Waals surface area contributed by atoms with Gasteiger partial charge in [0, 0.05) is 0 Å². The van der Waals surface area contributed by atoms with Crippen LogP contribution in [0.2, 0.25) is 0 Å². The molecule has 126 valence electrons. The topological polar surface area (TPSA) is 101 Å². The van der Waals surface area contributed by atoms with Gasteiger partial charge in [-0.05, 0) is 17.7 Å². The van der Waals surface area contributed by atoms with Gasteiger partial charge in [-0.1, -0.05) is 42.5 Å². The summed E-state index contributed by atoms with van der Waals surface area (Å²) < 4.78 is 28.3. The maximum Gasteiger partial charge on any atom is 0.242 e. The minimum absolute atomic E-state index is 0.0492. The molecule has 7 nitrogen and oxygen atoms in total. The highest BCUT2D eigenvalue weighted by molar-refractivity contribution is 7.89. The maximum atomic E-state index is 12.8. The lowest BCUT2D eigenvalue weighted by atomic mass is 10.1. The Morgan fingerprint density at radius 3 is 2.36 bits per heavy atom. The first-order valence-corrected chi connectivity index (χ1v) is 8.99. The Balaban J connectivity index is 1.95. The first kappa shape index (κ1) is 16.8. The zero-order valence-electron chi connectivity index (χ0n) is 13.1. The van der Waals surface area contributed by atoms with Crippen LogP contribution in [-0.2, 0) is 16.6 Å². The van der Waals surface area contributed by atoms with Crippen molar-refractivity contribution < 1.29 is 8.42 Å². The summed E-state index contributed by atoms with van der Waals surface area (Å²) in [4.78, 5) is 1.36. The van der Waals surface area contributed by atoms with Crippen LogP contribution in [-0.4, -0.2) is 23.4 Å². The Kier molecular flexibility index (Phi) is 4.88. The van der Waals surface area contributed by atoms with E-state index in [2.05, 4.69) is 14.9 Å². The van der Waals surface area contributed by atoms with E-state index in [0.717, 1.165) is 5.56 Å². The van der Waals surface area contributed by atoms with Gasteiger partial charge in [-0.25, -0.2) is 13.1 Å². The Labute approximate surface area is 145 Å². The average Bonchev–Trinajstić information content (AvgIpc) is 3.15. The van der Waals surface area contributed by atoms with E-state index >= 15 is 0 Å². The Hall–Kier alpha value is -3.02. The van der Waals surface area contributed by atoms with E-state index in [0.29, 0.717) is 0 Å². The average molecular weight is 353 g/mol. The lowest BCUT2D eigenvalue weighted by Gasteiger charge is -2.19. The highest BCUT2D eigenvalue weighted by Gasteiger charge is 2.24.